The van der Waals surface area contributed by atoms with Crippen molar-refractivity contribution in [2.75, 3.05) is 32.4 Å². The van der Waals surface area contributed by atoms with Crippen LogP contribution in [0.1, 0.15) is 123 Å². The number of nitrogens with one attached hydrogen (secondary N) is 1. The first-order chi connectivity index (χ1) is 24.4. The second kappa shape index (κ2) is 12.5. The first kappa shape index (κ1) is 37.4. The lowest BCUT2D eigenvalue weighted by atomic mass is 9.33. The molecule has 7 fully saturated rings. The molecule has 3 heterocycles. The minimum absolute atomic E-state index is 0.0333. The predicted octanol–water partition coefficient (Wildman–Crippen LogP) is 7.38. The minimum Gasteiger partial charge on any atom is -0.364 e. The van der Waals surface area contributed by atoms with Crippen molar-refractivity contribution in [3.05, 3.63) is 53.6 Å². The van der Waals surface area contributed by atoms with Crippen LogP contribution in [0.3, 0.4) is 0 Å². The molecule has 0 spiro atoms. The zero-order valence-electron chi connectivity index (χ0n) is 33.1. The SMILES string of the molecule is C=C(C)[C@@H]1CC[C@]2(NCCN3CC4CC(C3)N4S(C)(=O)=O)CC[C@]3(C)[C@H](CC[C@@H]4[C@@]5(C)CC=C(c6ccc(C(O)O)cc6)C(C)(C)[C@@H]5CC[C@]43C)[C@@H]12. The number of hydrogen-bond acceptors (Lipinski definition) is 6. The fraction of sp³-hybridized carbons (Fsp3) is 0.773. The smallest absolute Gasteiger partial charge is 0.211 e. The number of aliphatic hydroxyl groups excluding tert-OH is 1. The highest BCUT2D eigenvalue weighted by Gasteiger charge is 2.70. The van der Waals surface area contributed by atoms with E-state index in [0.29, 0.717) is 35.2 Å². The molecule has 1 aromatic carbocycles. The Kier molecular flexibility index (Phi) is 8.97. The summed E-state index contributed by atoms with van der Waals surface area (Å²) >= 11 is 0. The van der Waals surface area contributed by atoms with E-state index in [9.17, 15) is 18.6 Å². The van der Waals surface area contributed by atoms with Crippen LogP contribution in [0.2, 0.25) is 0 Å². The summed E-state index contributed by atoms with van der Waals surface area (Å²) in [4.78, 5) is 2.52. The molecule has 8 aliphatic rings. The topological polar surface area (TPSA) is 93.1 Å². The van der Waals surface area contributed by atoms with Crippen LogP contribution in [0.4, 0.5) is 0 Å². The van der Waals surface area contributed by atoms with E-state index in [1.165, 1.54) is 74.3 Å². The summed E-state index contributed by atoms with van der Waals surface area (Å²) in [6.45, 7) is 23.7. The molecule has 3 aliphatic heterocycles. The van der Waals surface area contributed by atoms with Gasteiger partial charge in [-0.15, -0.1) is 0 Å². The maximum Gasteiger partial charge on any atom is 0.211 e. The van der Waals surface area contributed by atoms with Crippen molar-refractivity contribution in [3.63, 3.8) is 0 Å². The van der Waals surface area contributed by atoms with Crippen LogP contribution in [-0.2, 0) is 10.0 Å². The van der Waals surface area contributed by atoms with E-state index >= 15 is 0 Å². The van der Waals surface area contributed by atoms with E-state index in [4.69, 9.17) is 0 Å². The number of hydrogen-bond donors (Lipinski definition) is 3. The van der Waals surface area contributed by atoms with Gasteiger partial charge in [0.15, 0.2) is 6.29 Å². The highest BCUT2D eigenvalue weighted by molar-refractivity contribution is 7.88. The Labute approximate surface area is 314 Å². The monoisotopic (exact) mass is 733 g/mol. The molecule has 3 saturated heterocycles. The van der Waals surface area contributed by atoms with Gasteiger partial charge in [-0.25, -0.2) is 8.42 Å². The lowest BCUT2D eigenvalue weighted by Gasteiger charge is -2.72. The second-order valence-electron chi connectivity index (χ2n) is 20.2. The van der Waals surface area contributed by atoms with Gasteiger partial charge in [0.25, 0.3) is 0 Å². The van der Waals surface area contributed by atoms with Crippen molar-refractivity contribution in [2.24, 2.45) is 51.2 Å². The molecule has 0 radical (unpaired) electrons. The molecule has 0 aromatic heterocycles. The van der Waals surface area contributed by atoms with Crippen LogP contribution >= 0.6 is 0 Å². The zero-order valence-corrected chi connectivity index (χ0v) is 33.9. The van der Waals surface area contributed by atoms with E-state index < -0.39 is 16.3 Å². The van der Waals surface area contributed by atoms with Crippen LogP contribution in [-0.4, -0.2) is 77.9 Å². The Balaban J connectivity index is 1.02. The fourth-order valence-electron chi connectivity index (χ4n) is 15.2. The molecule has 288 valence electrons. The molecule has 9 rings (SSSR count). The van der Waals surface area contributed by atoms with E-state index in [2.05, 4.69) is 76.5 Å². The normalized spacial score (nSPS) is 44.2. The van der Waals surface area contributed by atoms with Gasteiger partial charge >= 0.3 is 0 Å². The molecule has 8 heteroatoms. The highest BCUT2D eigenvalue weighted by Crippen LogP contribution is 2.76. The highest BCUT2D eigenvalue weighted by atomic mass is 32.2. The van der Waals surface area contributed by atoms with E-state index in [1.807, 2.05) is 12.1 Å². The fourth-order valence-corrected chi connectivity index (χ4v) is 16.6. The van der Waals surface area contributed by atoms with Gasteiger partial charge in [-0.1, -0.05) is 77.1 Å². The summed E-state index contributed by atoms with van der Waals surface area (Å²) in [5.74, 6) is 3.18. The summed E-state index contributed by atoms with van der Waals surface area (Å²) in [6.07, 6.45) is 14.9. The molecule has 3 N–H and O–H groups in total. The summed E-state index contributed by atoms with van der Waals surface area (Å²) in [6, 6.07) is 8.24. The number of sulfonamides is 1. The lowest BCUT2D eigenvalue weighted by Crippen LogP contribution is -2.70. The molecular formula is C44H67N3O4S. The Hall–Kier alpha value is -1.55. The molecule has 52 heavy (non-hydrogen) atoms. The summed E-state index contributed by atoms with van der Waals surface area (Å²) in [5.41, 5.74) is 5.59. The van der Waals surface area contributed by atoms with Crippen LogP contribution in [0.5, 0.6) is 0 Å². The lowest BCUT2D eigenvalue weighted by molar-refractivity contribution is -0.219. The number of rotatable bonds is 8. The van der Waals surface area contributed by atoms with E-state index in [1.54, 1.807) is 4.31 Å². The van der Waals surface area contributed by atoms with E-state index in [0.717, 1.165) is 39.0 Å². The minimum atomic E-state index is -3.11. The Morgan fingerprint density at radius 2 is 1.62 bits per heavy atom. The standard InChI is InChI=1S/C44H67N3O4S/c1-28(2)33-15-20-44(45-23-24-46-26-31-25-32(27-46)47(31)52(8,50)51)22-21-42(6)35(38(33)44)13-14-37-41(5)18-16-34(29-9-11-30(12-10-29)39(48)49)40(3,4)36(41)17-19-43(37,42)7/h9-12,16,31-33,35-39,45,48-49H,1,13-15,17-27H2,2-8H3/t31?,32?,33-,35+,36-,37+,38+,41-,42+,43+,44-/m0/s1. The zero-order chi connectivity index (χ0) is 37.2. The van der Waals surface area contributed by atoms with Gasteiger partial charge in [0, 0.05) is 49.4 Å². The van der Waals surface area contributed by atoms with Gasteiger partial charge in [0.1, 0.15) is 0 Å². The number of aliphatic hydroxyl groups is 2. The molecule has 5 aliphatic carbocycles. The van der Waals surface area contributed by atoms with Crippen LogP contribution in [0.25, 0.3) is 5.57 Å². The molecule has 0 amide bonds. The third-order valence-corrected chi connectivity index (χ3v) is 19.0. The van der Waals surface area contributed by atoms with Crippen molar-refractivity contribution in [2.45, 2.75) is 130 Å². The summed E-state index contributed by atoms with van der Waals surface area (Å²) in [7, 11) is -3.11. The number of benzene rings is 1. The van der Waals surface area contributed by atoms with Gasteiger partial charge in [-0.3, -0.25) is 4.90 Å². The maximum atomic E-state index is 12.3. The maximum absolute atomic E-state index is 12.3. The van der Waals surface area contributed by atoms with Gasteiger partial charge < -0.3 is 15.5 Å². The molecule has 11 atom stereocenters. The van der Waals surface area contributed by atoms with Crippen molar-refractivity contribution in [3.8, 4) is 0 Å². The molecule has 4 saturated carbocycles. The third-order valence-electron chi connectivity index (χ3n) is 17.7. The molecule has 7 nitrogen and oxygen atoms in total. The van der Waals surface area contributed by atoms with Crippen molar-refractivity contribution >= 4 is 15.6 Å². The quantitative estimate of drug-likeness (QED) is 0.191. The van der Waals surface area contributed by atoms with Gasteiger partial charge in [-0.05, 0) is 134 Å². The summed E-state index contributed by atoms with van der Waals surface area (Å²) in [5, 5.41) is 23.7. The first-order valence-electron chi connectivity index (χ1n) is 20.6. The van der Waals surface area contributed by atoms with Crippen LogP contribution in [0, 0.1) is 51.2 Å². The van der Waals surface area contributed by atoms with Crippen molar-refractivity contribution in [1.29, 1.82) is 0 Å². The molecule has 2 bridgehead atoms. The Morgan fingerprint density at radius 3 is 2.25 bits per heavy atom. The van der Waals surface area contributed by atoms with E-state index in [-0.39, 0.29) is 39.3 Å². The molecular weight excluding hydrogens is 667 g/mol. The van der Waals surface area contributed by atoms with Gasteiger partial charge in [0.2, 0.25) is 10.0 Å². The molecule has 1 aromatic rings. The number of allylic oxidation sites excluding steroid dienone is 3. The number of piperidine rings is 1. The van der Waals surface area contributed by atoms with Crippen molar-refractivity contribution in [1.82, 2.24) is 14.5 Å². The number of fused-ring (bicyclic) bond motifs is 9. The van der Waals surface area contributed by atoms with Crippen LogP contribution in [0.15, 0.2) is 42.5 Å². The predicted molar refractivity (Wildman–Crippen MR) is 210 cm³/mol. The van der Waals surface area contributed by atoms with Crippen molar-refractivity contribution < 1.29 is 18.6 Å². The number of piperazine rings is 1. The average molecular weight is 734 g/mol. The molecule has 2 unspecified atom stereocenters. The first-order valence-corrected chi connectivity index (χ1v) is 22.5. The van der Waals surface area contributed by atoms with Gasteiger partial charge in [0.05, 0.1) is 6.26 Å². The largest absolute Gasteiger partial charge is 0.364 e. The number of nitrogens with zero attached hydrogens (tertiary/aromatic N) is 2. The van der Waals surface area contributed by atoms with Crippen LogP contribution < -0.4 is 5.32 Å². The second-order valence-corrected chi connectivity index (χ2v) is 22.1. The average Bonchev–Trinajstić information content (AvgIpc) is 3.44. The Bertz CT molecular complexity index is 1710. The third kappa shape index (κ3) is 5.38. The Morgan fingerprint density at radius 1 is 0.923 bits per heavy atom. The summed E-state index contributed by atoms with van der Waals surface area (Å²) < 4.78 is 26.4. The van der Waals surface area contributed by atoms with Gasteiger partial charge in [-0.2, -0.15) is 4.31 Å².